The predicted octanol–water partition coefficient (Wildman–Crippen LogP) is 1.86. The van der Waals surface area contributed by atoms with Crippen molar-refractivity contribution in [3.8, 4) is 0 Å². The van der Waals surface area contributed by atoms with Crippen LogP contribution in [-0.4, -0.2) is 22.1 Å². The molecule has 0 unspecified atom stereocenters. The Labute approximate surface area is 109 Å². The fourth-order valence-corrected chi connectivity index (χ4v) is 1.58. The lowest BCUT2D eigenvalue weighted by Crippen LogP contribution is -2.12. The van der Waals surface area contributed by atoms with Gasteiger partial charge in [-0.3, -0.25) is 9.59 Å². The van der Waals surface area contributed by atoms with Crippen molar-refractivity contribution in [3.05, 3.63) is 47.3 Å². The summed E-state index contributed by atoms with van der Waals surface area (Å²) < 4.78 is 4.83. The van der Waals surface area contributed by atoms with Crippen LogP contribution in [0.4, 0.5) is 5.69 Å². The summed E-state index contributed by atoms with van der Waals surface area (Å²) in [6, 6.07) is 6.58. The van der Waals surface area contributed by atoms with Gasteiger partial charge in [-0.15, -0.1) is 0 Å². The molecule has 6 nitrogen and oxygen atoms in total. The molecule has 0 saturated carbocycles. The molecule has 0 aliphatic heterocycles. The highest BCUT2D eigenvalue weighted by Crippen LogP contribution is 2.13. The Balaban J connectivity index is 2.06. The molecule has 0 aliphatic carbocycles. The van der Waals surface area contributed by atoms with E-state index in [2.05, 4.69) is 10.5 Å². The normalized spacial score (nSPS) is 10.2. The number of amides is 1. The van der Waals surface area contributed by atoms with Crippen LogP contribution in [0.5, 0.6) is 0 Å². The highest BCUT2D eigenvalue weighted by Gasteiger charge is 2.14. The quantitative estimate of drug-likeness (QED) is 0.875. The van der Waals surface area contributed by atoms with Crippen LogP contribution in [-0.2, 0) is 11.2 Å². The molecule has 98 valence electrons. The van der Waals surface area contributed by atoms with Crippen LogP contribution in [0.1, 0.15) is 21.7 Å². The van der Waals surface area contributed by atoms with Gasteiger partial charge >= 0.3 is 5.97 Å². The number of carbonyl (C=O) groups excluding carboxylic acids is 1. The number of carboxylic acid groups (broad SMARTS) is 1. The van der Waals surface area contributed by atoms with Gasteiger partial charge in [0.25, 0.3) is 5.91 Å². The molecule has 6 heteroatoms. The van der Waals surface area contributed by atoms with E-state index in [1.165, 1.54) is 6.20 Å². The number of aliphatic carboxylic acids is 1. The van der Waals surface area contributed by atoms with Gasteiger partial charge in [-0.1, -0.05) is 17.3 Å². The van der Waals surface area contributed by atoms with Crippen molar-refractivity contribution in [2.45, 2.75) is 13.3 Å². The standard InChI is InChI=1S/C13H12N2O4/c1-8-7-14-19-12(8)13(18)15-10-4-2-9(3-5-10)6-11(16)17/h2-5,7H,6H2,1H3,(H,15,18)(H,16,17). The first-order valence-electron chi connectivity index (χ1n) is 5.59. The van der Waals surface area contributed by atoms with Gasteiger partial charge in [0.05, 0.1) is 12.6 Å². The van der Waals surface area contributed by atoms with Crippen LogP contribution in [0, 0.1) is 6.92 Å². The van der Waals surface area contributed by atoms with Crippen LogP contribution in [0.3, 0.4) is 0 Å². The first kappa shape index (κ1) is 12.8. The maximum absolute atomic E-state index is 11.8. The second kappa shape index (κ2) is 5.34. The molecule has 0 radical (unpaired) electrons. The summed E-state index contributed by atoms with van der Waals surface area (Å²) in [6.45, 7) is 1.72. The van der Waals surface area contributed by atoms with Crippen LogP contribution in [0.25, 0.3) is 0 Å². The van der Waals surface area contributed by atoms with E-state index >= 15 is 0 Å². The SMILES string of the molecule is Cc1cnoc1C(=O)Nc1ccc(CC(=O)O)cc1. The summed E-state index contributed by atoms with van der Waals surface area (Å²) in [5.41, 5.74) is 1.89. The highest BCUT2D eigenvalue weighted by molar-refractivity contribution is 6.03. The Hall–Kier alpha value is -2.63. The lowest BCUT2D eigenvalue weighted by atomic mass is 10.1. The number of nitrogens with one attached hydrogen (secondary N) is 1. The third kappa shape index (κ3) is 3.19. The van der Waals surface area contributed by atoms with Crippen molar-refractivity contribution >= 4 is 17.6 Å². The van der Waals surface area contributed by atoms with E-state index in [0.717, 1.165) is 0 Å². The summed E-state index contributed by atoms with van der Waals surface area (Å²) in [5, 5.41) is 14.8. The Morgan fingerprint density at radius 2 is 2.00 bits per heavy atom. The molecule has 1 amide bonds. The molecule has 1 aromatic heterocycles. The summed E-state index contributed by atoms with van der Waals surface area (Å²) in [7, 11) is 0. The number of anilines is 1. The van der Waals surface area contributed by atoms with Gasteiger partial charge in [-0.25, -0.2) is 0 Å². The first-order valence-corrected chi connectivity index (χ1v) is 5.59. The molecule has 0 spiro atoms. The molecular formula is C13H12N2O4. The number of hydrogen-bond acceptors (Lipinski definition) is 4. The Kier molecular flexibility index (Phi) is 3.61. The Morgan fingerprint density at radius 3 is 2.53 bits per heavy atom. The first-order chi connectivity index (χ1) is 9.06. The van der Waals surface area contributed by atoms with Crippen molar-refractivity contribution in [3.63, 3.8) is 0 Å². The van der Waals surface area contributed by atoms with Gasteiger partial charge in [0.15, 0.2) is 0 Å². The van der Waals surface area contributed by atoms with Crippen molar-refractivity contribution < 1.29 is 19.2 Å². The van der Waals surface area contributed by atoms with Crippen LogP contribution < -0.4 is 5.32 Å². The summed E-state index contributed by atoms with van der Waals surface area (Å²) in [6.07, 6.45) is 1.42. The molecular weight excluding hydrogens is 248 g/mol. The van der Waals surface area contributed by atoms with Gasteiger partial charge in [-0.2, -0.15) is 0 Å². The maximum atomic E-state index is 11.8. The fraction of sp³-hybridized carbons (Fsp3) is 0.154. The lowest BCUT2D eigenvalue weighted by molar-refractivity contribution is -0.136. The number of carbonyl (C=O) groups is 2. The second-order valence-electron chi connectivity index (χ2n) is 4.06. The van der Waals surface area contributed by atoms with E-state index in [1.54, 1.807) is 31.2 Å². The largest absolute Gasteiger partial charge is 0.481 e. The number of benzene rings is 1. The van der Waals surface area contributed by atoms with Crippen LogP contribution in [0.15, 0.2) is 35.0 Å². The maximum Gasteiger partial charge on any atom is 0.307 e. The number of aromatic nitrogens is 1. The topological polar surface area (TPSA) is 92.4 Å². The molecule has 2 N–H and O–H groups in total. The lowest BCUT2D eigenvalue weighted by Gasteiger charge is -2.04. The third-order valence-electron chi connectivity index (χ3n) is 2.52. The fourth-order valence-electron chi connectivity index (χ4n) is 1.58. The minimum atomic E-state index is -0.894. The van der Waals surface area contributed by atoms with E-state index in [4.69, 9.17) is 9.63 Å². The summed E-state index contributed by atoms with van der Waals surface area (Å²) >= 11 is 0. The van der Waals surface area contributed by atoms with Crippen LogP contribution >= 0.6 is 0 Å². The van der Waals surface area contributed by atoms with Gasteiger partial charge in [0, 0.05) is 11.3 Å². The van der Waals surface area contributed by atoms with E-state index in [-0.39, 0.29) is 18.1 Å². The van der Waals surface area contributed by atoms with Crippen LogP contribution in [0.2, 0.25) is 0 Å². The summed E-state index contributed by atoms with van der Waals surface area (Å²) in [4.78, 5) is 22.4. The molecule has 1 aromatic carbocycles. The molecule has 0 fully saturated rings. The Bertz CT molecular complexity index is 601. The molecule has 0 atom stereocenters. The summed E-state index contributed by atoms with van der Waals surface area (Å²) in [5.74, 6) is -1.12. The van der Waals surface area contributed by atoms with Crippen molar-refractivity contribution in [1.82, 2.24) is 5.16 Å². The van der Waals surface area contributed by atoms with Gasteiger partial charge in [0.1, 0.15) is 0 Å². The number of nitrogens with zero attached hydrogens (tertiary/aromatic N) is 1. The van der Waals surface area contributed by atoms with Gasteiger partial charge < -0.3 is 14.9 Å². The monoisotopic (exact) mass is 260 g/mol. The minimum absolute atomic E-state index is 0.0462. The van der Waals surface area contributed by atoms with E-state index in [9.17, 15) is 9.59 Å². The second-order valence-corrected chi connectivity index (χ2v) is 4.06. The number of aryl methyl sites for hydroxylation is 1. The molecule has 0 bridgehead atoms. The zero-order valence-electron chi connectivity index (χ0n) is 10.2. The Morgan fingerprint density at radius 1 is 1.32 bits per heavy atom. The number of hydrogen-bond donors (Lipinski definition) is 2. The number of carboxylic acids is 1. The molecule has 1 heterocycles. The third-order valence-corrected chi connectivity index (χ3v) is 2.52. The van der Waals surface area contributed by atoms with E-state index in [1.807, 2.05) is 0 Å². The minimum Gasteiger partial charge on any atom is -0.481 e. The van der Waals surface area contributed by atoms with Crippen molar-refractivity contribution in [2.24, 2.45) is 0 Å². The molecule has 2 rings (SSSR count). The van der Waals surface area contributed by atoms with Crippen molar-refractivity contribution in [1.29, 1.82) is 0 Å². The zero-order chi connectivity index (χ0) is 13.8. The average Bonchev–Trinajstić information content (AvgIpc) is 2.77. The van der Waals surface area contributed by atoms with Gasteiger partial charge in [-0.05, 0) is 24.6 Å². The highest BCUT2D eigenvalue weighted by atomic mass is 16.5. The van der Waals surface area contributed by atoms with E-state index in [0.29, 0.717) is 16.8 Å². The molecule has 19 heavy (non-hydrogen) atoms. The molecule has 0 saturated heterocycles. The number of rotatable bonds is 4. The van der Waals surface area contributed by atoms with Crippen molar-refractivity contribution in [2.75, 3.05) is 5.32 Å². The average molecular weight is 260 g/mol. The predicted molar refractivity (Wildman–Crippen MR) is 67.0 cm³/mol. The van der Waals surface area contributed by atoms with Gasteiger partial charge in [0.2, 0.25) is 5.76 Å². The smallest absolute Gasteiger partial charge is 0.307 e. The zero-order valence-corrected chi connectivity index (χ0v) is 10.2. The molecule has 2 aromatic rings. The molecule has 0 aliphatic rings. The van der Waals surface area contributed by atoms with E-state index < -0.39 is 5.97 Å².